The molecule has 2 fully saturated rings. The van der Waals surface area contributed by atoms with Gasteiger partial charge in [0.05, 0.1) is 0 Å². The molecule has 0 spiro atoms. The van der Waals surface area contributed by atoms with Gasteiger partial charge in [-0.2, -0.15) is 0 Å². The van der Waals surface area contributed by atoms with Crippen LogP contribution in [0.5, 0.6) is 0 Å². The van der Waals surface area contributed by atoms with Crippen LogP contribution in [0.15, 0.2) is 30.5 Å². The van der Waals surface area contributed by atoms with E-state index in [2.05, 4.69) is 4.90 Å². The number of nitrogens with zero attached hydrogens (tertiary/aromatic N) is 3. The van der Waals surface area contributed by atoms with Crippen LogP contribution >= 0.6 is 0 Å². The van der Waals surface area contributed by atoms with E-state index in [1.807, 2.05) is 47.0 Å². The molecule has 0 saturated carbocycles. The maximum atomic E-state index is 13.0. The van der Waals surface area contributed by atoms with E-state index in [-0.39, 0.29) is 18.2 Å². The van der Waals surface area contributed by atoms with Crippen molar-refractivity contribution in [1.82, 2.24) is 14.4 Å². The largest absolute Gasteiger partial charge is 0.344 e. The second-order valence-corrected chi connectivity index (χ2v) is 8.52. The number of fused-ring (bicyclic) bond motifs is 2. The number of rotatable bonds is 5. The Hall–Kier alpha value is -2.14. The Bertz CT molecular complexity index is 870. The van der Waals surface area contributed by atoms with E-state index in [4.69, 9.17) is 0 Å². The molecule has 2 aliphatic rings. The van der Waals surface area contributed by atoms with Crippen LogP contribution in [0.1, 0.15) is 49.4 Å². The summed E-state index contributed by atoms with van der Waals surface area (Å²) >= 11 is 0. The minimum atomic E-state index is 0.0374. The van der Waals surface area contributed by atoms with Gasteiger partial charge < -0.3 is 14.4 Å². The monoisotopic (exact) mass is 381 g/mol. The van der Waals surface area contributed by atoms with Gasteiger partial charge in [-0.1, -0.05) is 24.6 Å². The molecule has 5 nitrogen and oxygen atoms in total. The molecule has 1 aromatic heterocycles. The van der Waals surface area contributed by atoms with E-state index in [1.54, 1.807) is 6.92 Å². The zero-order chi connectivity index (χ0) is 19.7. The standard InChI is InChI=1S/C23H31N3O2/c1-17(27)20-15-26(22-11-4-3-9-19(20)22)16-23(28)24(2)14-18-8-7-13-25-12-6-5-10-21(18)25/h3-4,9,11,15,18,21H,5-8,10,12-14,16H2,1-2H3/t18-,21+/m0/s1. The molecular weight excluding hydrogens is 350 g/mol. The molecule has 2 atom stereocenters. The van der Waals surface area contributed by atoms with Crippen LogP contribution in [-0.2, 0) is 11.3 Å². The number of Topliss-reactive ketones (excluding diaryl/α,β-unsaturated/α-hetero) is 1. The molecular formula is C23H31N3O2. The molecule has 0 radical (unpaired) electrons. The molecule has 1 aromatic carbocycles. The van der Waals surface area contributed by atoms with Gasteiger partial charge in [0.25, 0.3) is 0 Å². The quantitative estimate of drug-likeness (QED) is 0.744. The molecule has 150 valence electrons. The Morgan fingerprint density at radius 3 is 2.71 bits per heavy atom. The highest BCUT2D eigenvalue weighted by Gasteiger charge is 2.34. The lowest BCUT2D eigenvalue weighted by Crippen LogP contribution is -2.51. The highest BCUT2D eigenvalue weighted by atomic mass is 16.2. The first-order chi connectivity index (χ1) is 13.5. The van der Waals surface area contributed by atoms with Gasteiger partial charge in [0, 0.05) is 42.3 Å². The molecule has 3 heterocycles. The molecule has 1 amide bonds. The Balaban J connectivity index is 1.46. The van der Waals surface area contributed by atoms with Gasteiger partial charge in [0.2, 0.25) is 5.91 Å². The smallest absolute Gasteiger partial charge is 0.242 e. The number of carbonyl (C=O) groups is 2. The van der Waals surface area contributed by atoms with E-state index in [1.165, 1.54) is 45.2 Å². The van der Waals surface area contributed by atoms with Crippen molar-refractivity contribution < 1.29 is 9.59 Å². The molecule has 2 aromatic rings. The Morgan fingerprint density at radius 1 is 1.11 bits per heavy atom. The van der Waals surface area contributed by atoms with Crippen LogP contribution in [0.25, 0.3) is 10.9 Å². The van der Waals surface area contributed by atoms with Crippen LogP contribution in [0.2, 0.25) is 0 Å². The first-order valence-corrected chi connectivity index (χ1v) is 10.6. The summed E-state index contributed by atoms with van der Waals surface area (Å²) in [5.41, 5.74) is 1.64. The molecule has 4 rings (SSSR count). The number of piperidine rings is 2. The lowest BCUT2D eigenvalue weighted by Gasteiger charge is -2.45. The highest BCUT2D eigenvalue weighted by Crippen LogP contribution is 2.31. The normalized spacial score (nSPS) is 22.8. The maximum absolute atomic E-state index is 13.0. The second-order valence-electron chi connectivity index (χ2n) is 8.52. The third kappa shape index (κ3) is 3.72. The summed E-state index contributed by atoms with van der Waals surface area (Å²) in [5, 5.41) is 0.926. The maximum Gasteiger partial charge on any atom is 0.242 e. The Kier molecular flexibility index (Phi) is 5.54. The lowest BCUT2D eigenvalue weighted by atomic mass is 9.83. The third-order valence-corrected chi connectivity index (χ3v) is 6.64. The number of para-hydroxylation sites is 1. The van der Waals surface area contributed by atoms with E-state index in [9.17, 15) is 9.59 Å². The summed E-state index contributed by atoms with van der Waals surface area (Å²) in [4.78, 5) is 29.5. The van der Waals surface area contributed by atoms with Gasteiger partial charge in [0.15, 0.2) is 5.78 Å². The predicted molar refractivity (Wildman–Crippen MR) is 112 cm³/mol. The van der Waals surface area contributed by atoms with Crippen molar-refractivity contribution in [2.45, 2.75) is 51.6 Å². The van der Waals surface area contributed by atoms with Crippen molar-refractivity contribution >= 4 is 22.6 Å². The highest BCUT2D eigenvalue weighted by molar-refractivity contribution is 6.07. The SMILES string of the molecule is CC(=O)c1cn(CC(=O)N(C)C[C@@H]2CCCN3CCCC[C@H]23)c2ccccc12. The number of likely N-dealkylation sites (N-methyl/N-ethyl adjacent to an activating group) is 1. The Morgan fingerprint density at radius 2 is 1.89 bits per heavy atom. The molecule has 28 heavy (non-hydrogen) atoms. The van der Waals surface area contributed by atoms with Gasteiger partial charge in [-0.3, -0.25) is 9.59 Å². The molecule has 5 heteroatoms. The van der Waals surface area contributed by atoms with Crippen molar-refractivity contribution in [3.63, 3.8) is 0 Å². The average Bonchev–Trinajstić information content (AvgIpc) is 3.07. The number of hydrogen-bond acceptors (Lipinski definition) is 3. The zero-order valence-electron chi connectivity index (χ0n) is 17.1. The van der Waals surface area contributed by atoms with Crippen molar-refractivity contribution in [1.29, 1.82) is 0 Å². The summed E-state index contributed by atoms with van der Waals surface area (Å²) in [6.45, 7) is 5.15. The molecule has 2 saturated heterocycles. The first-order valence-electron chi connectivity index (χ1n) is 10.6. The number of hydrogen-bond donors (Lipinski definition) is 0. The van der Waals surface area contributed by atoms with Crippen molar-refractivity contribution in [2.24, 2.45) is 5.92 Å². The summed E-state index contributed by atoms with van der Waals surface area (Å²) in [6, 6.07) is 8.48. The molecule has 0 N–H and O–H groups in total. The van der Waals surface area contributed by atoms with E-state index >= 15 is 0 Å². The summed E-state index contributed by atoms with van der Waals surface area (Å²) in [6.07, 6.45) is 8.21. The fraction of sp³-hybridized carbons (Fsp3) is 0.565. The fourth-order valence-electron chi connectivity index (χ4n) is 5.17. The number of carbonyl (C=O) groups excluding carboxylic acids is 2. The van der Waals surface area contributed by atoms with Crippen molar-refractivity contribution in [2.75, 3.05) is 26.7 Å². The van der Waals surface area contributed by atoms with Crippen LogP contribution in [0, 0.1) is 5.92 Å². The molecule has 2 aliphatic heterocycles. The van der Waals surface area contributed by atoms with E-state index in [0.29, 0.717) is 17.5 Å². The van der Waals surface area contributed by atoms with Gasteiger partial charge in [0.1, 0.15) is 6.54 Å². The first kappa shape index (κ1) is 19.2. The number of benzene rings is 1. The summed E-state index contributed by atoms with van der Waals surface area (Å²) in [7, 11) is 1.93. The van der Waals surface area contributed by atoms with Crippen LogP contribution in [0.3, 0.4) is 0 Å². The third-order valence-electron chi connectivity index (χ3n) is 6.64. The minimum Gasteiger partial charge on any atom is -0.344 e. The van der Waals surface area contributed by atoms with Crippen LogP contribution in [-0.4, -0.2) is 58.8 Å². The van der Waals surface area contributed by atoms with Gasteiger partial charge in [-0.15, -0.1) is 0 Å². The number of aromatic nitrogens is 1. The van der Waals surface area contributed by atoms with Crippen LogP contribution in [0.4, 0.5) is 0 Å². The fourth-order valence-corrected chi connectivity index (χ4v) is 5.17. The molecule has 0 bridgehead atoms. The van der Waals surface area contributed by atoms with Gasteiger partial charge in [-0.05, 0) is 57.7 Å². The summed E-state index contributed by atoms with van der Waals surface area (Å²) in [5.74, 6) is 0.733. The van der Waals surface area contributed by atoms with E-state index < -0.39 is 0 Å². The van der Waals surface area contributed by atoms with Crippen molar-refractivity contribution in [3.8, 4) is 0 Å². The average molecular weight is 382 g/mol. The van der Waals surface area contributed by atoms with Crippen LogP contribution < -0.4 is 0 Å². The molecule has 0 unspecified atom stereocenters. The zero-order valence-corrected chi connectivity index (χ0v) is 17.1. The number of ketones is 1. The lowest BCUT2D eigenvalue weighted by molar-refractivity contribution is -0.131. The predicted octanol–water partition coefficient (Wildman–Crippen LogP) is 3.57. The van der Waals surface area contributed by atoms with E-state index in [0.717, 1.165) is 17.4 Å². The Labute approximate surface area is 167 Å². The van der Waals surface area contributed by atoms with Gasteiger partial charge >= 0.3 is 0 Å². The van der Waals surface area contributed by atoms with Gasteiger partial charge in [-0.25, -0.2) is 0 Å². The molecule has 0 aliphatic carbocycles. The van der Waals surface area contributed by atoms with Crippen molar-refractivity contribution in [3.05, 3.63) is 36.0 Å². The summed E-state index contributed by atoms with van der Waals surface area (Å²) < 4.78 is 1.93. The number of amides is 1. The minimum absolute atomic E-state index is 0.0374. The second kappa shape index (κ2) is 8.08. The topological polar surface area (TPSA) is 45.6 Å².